The summed E-state index contributed by atoms with van der Waals surface area (Å²) in [7, 11) is 0. The lowest BCUT2D eigenvalue weighted by atomic mass is 10.3. The predicted octanol–water partition coefficient (Wildman–Crippen LogP) is 4.41. The van der Waals surface area contributed by atoms with Crippen molar-refractivity contribution < 1.29 is 0 Å². The van der Waals surface area contributed by atoms with Gasteiger partial charge in [0.15, 0.2) is 5.82 Å². The Hall–Kier alpha value is -1.52. The number of nitrogens with two attached hydrogens (primary N) is 1. The van der Waals surface area contributed by atoms with Crippen molar-refractivity contribution >= 4 is 39.7 Å². The fourth-order valence-electron chi connectivity index (χ4n) is 2.23. The van der Waals surface area contributed by atoms with Crippen molar-refractivity contribution in [3.05, 3.63) is 34.7 Å². The van der Waals surface area contributed by atoms with Crippen LogP contribution < -0.4 is 5.73 Å². The number of rotatable bonds is 3. The predicted molar refractivity (Wildman–Crippen MR) is 82.8 cm³/mol. The molecule has 0 aliphatic heterocycles. The number of hydrogen-bond donors (Lipinski definition) is 1. The molecule has 1 aromatic carbocycles. The zero-order valence-corrected chi connectivity index (χ0v) is 12.1. The van der Waals surface area contributed by atoms with E-state index in [0.717, 1.165) is 40.4 Å². The topological polar surface area (TPSA) is 43.8 Å². The smallest absolute Gasteiger partial charge is 0.153 e. The average Bonchev–Trinajstić information content (AvgIpc) is 2.94. The minimum Gasteiger partial charge on any atom is -0.397 e. The van der Waals surface area contributed by atoms with E-state index in [-0.39, 0.29) is 0 Å². The van der Waals surface area contributed by atoms with Crippen molar-refractivity contribution in [3.8, 4) is 10.7 Å². The van der Waals surface area contributed by atoms with Crippen LogP contribution in [-0.4, -0.2) is 9.55 Å². The summed E-state index contributed by atoms with van der Waals surface area (Å²) >= 11 is 7.66. The molecule has 3 rings (SSSR count). The number of nitrogens with zero attached hydrogens (tertiary/aromatic N) is 2. The van der Waals surface area contributed by atoms with Crippen LogP contribution in [0.1, 0.15) is 13.3 Å². The standard InChI is InChI=1S/C14H14ClN3S/c1-2-6-18-12-4-3-9(15)8-11(12)17-14(18)13-10(16)5-7-19-13/h3-5,7-8H,2,6,16H2,1H3. The van der Waals surface area contributed by atoms with Gasteiger partial charge >= 0.3 is 0 Å². The Balaban J connectivity index is 2.28. The van der Waals surface area contributed by atoms with E-state index in [2.05, 4.69) is 11.5 Å². The lowest BCUT2D eigenvalue weighted by Gasteiger charge is -2.06. The second kappa shape index (κ2) is 4.87. The van der Waals surface area contributed by atoms with Gasteiger partial charge in [-0.1, -0.05) is 18.5 Å². The molecule has 19 heavy (non-hydrogen) atoms. The van der Waals surface area contributed by atoms with E-state index in [0.29, 0.717) is 5.02 Å². The Morgan fingerprint density at radius 1 is 1.37 bits per heavy atom. The van der Waals surface area contributed by atoms with Crippen LogP contribution in [0.4, 0.5) is 5.69 Å². The largest absolute Gasteiger partial charge is 0.397 e. The highest BCUT2D eigenvalue weighted by molar-refractivity contribution is 7.14. The molecular formula is C14H14ClN3S. The second-order valence-electron chi connectivity index (χ2n) is 4.43. The molecule has 0 aliphatic rings. The molecular weight excluding hydrogens is 278 g/mol. The summed E-state index contributed by atoms with van der Waals surface area (Å²) in [6, 6.07) is 7.74. The maximum atomic E-state index is 6.04. The highest BCUT2D eigenvalue weighted by atomic mass is 35.5. The number of hydrogen-bond acceptors (Lipinski definition) is 3. The zero-order chi connectivity index (χ0) is 13.4. The van der Waals surface area contributed by atoms with Crippen molar-refractivity contribution in [1.29, 1.82) is 0 Å². The molecule has 2 heterocycles. The van der Waals surface area contributed by atoms with E-state index in [1.165, 1.54) is 0 Å². The van der Waals surface area contributed by atoms with Crippen LogP contribution >= 0.6 is 22.9 Å². The maximum absolute atomic E-state index is 6.04. The fraction of sp³-hybridized carbons (Fsp3) is 0.214. The molecule has 0 aliphatic carbocycles. The van der Waals surface area contributed by atoms with Crippen LogP contribution in [0.3, 0.4) is 0 Å². The van der Waals surface area contributed by atoms with Gasteiger partial charge in [-0.25, -0.2) is 4.98 Å². The van der Waals surface area contributed by atoms with E-state index >= 15 is 0 Å². The summed E-state index contributed by atoms with van der Waals surface area (Å²) in [6.45, 7) is 3.08. The van der Waals surface area contributed by atoms with Gasteiger partial charge < -0.3 is 10.3 Å². The van der Waals surface area contributed by atoms with Crippen LogP contribution in [0.2, 0.25) is 5.02 Å². The van der Waals surface area contributed by atoms with Crippen LogP contribution in [0.25, 0.3) is 21.7 Å². The third kappa shape index (κ3) is 2.11. The quantitative estimate of drug-likeness (QED) is 0.777. The third-order valence-corrected chi connectivity index (χ3v) is 4.22. The highest BCUT2D eigenvalue weighted by Gasteiger charge is 2.15. The van der Waals surface area contributed by atoms with Gasteiger partial charge in [-0.2, -0.15) is 0 Å². The van der Waals surface area contributed by atoms with Gasteiger partial charge in [-0.05, 0) is 36.1 Å². The Labute approximate surface area is 120 Å². The molecule has 2 aromatic heterocycles. The highest BCUT2D eigenvalue weighted by Crippen LogP contribution is 2.34. The summed E-state index contributed by atoms with van der Waals surface area (Å²) in [5, 5.41) is 2.70. The molecule has 0 radical (unpaired) electrons. The monoisotopic (exact) mass is 291 g/mol. The number of imidazole rings is 1. The van der Waals surface area contributed by atoms with Gasteiger partial charge in [0.1, 0.15) is 0 Å². The molecule has 0 saturated carbocycles. The third-order valence-electron chi connectivity index (χ3n) is 3.06. The molecule has 0 spiro atoms. The van der Waals surface area contributed by atoms with Crippen LogP contribution in [-0.2, 0) is 6.54 Å². The van der Waals surface area contributed by atoms with Gasteiger partial charge in [0.2, 0.25) is 0 Å². The number of thiophene rings is 1. The molecule has 3 nitrogen and oxygen atoms in total. The molecule has 0 fully saturated rings. The van der Waals surface area contributed by atoms with E-state index in [4.69, 9.17) is 22.3 Å². The van der Waals surface area contributed by atoms with Crippen LogP contribution in [0.5, 0.6) is 0 Å². The number of aromatic nitrogens is 2. The van der Waals surface area contributed by atoms with Crippen LogP contribution in [0, 0.1) is 0 Å². The number of aryl methyl sites for hydroxylation is 1. The van der Waals surface area contributed by atoms with Gasteiger partial charge in [0, 0.05) is 11.6 Å². The van der Waals surface area contributed by atoms with Gasteiger partial charge in [-0.3, -0.25) is 0 Å². The van der Waals surface area contributed by atoms with Crippen molar-refractivity contribution in [2.24, 2.45) is 0 Å². The minimum absolute atomic E-state index is 0.708. The summed E-state index contributed by atoms with van der Waals surface area (Å²) in [5.74, 6) is 0.937. The number of fused-ring (bicyclic) bond motifs is 1. The van der Waals surface area contributed by atoms with Crippen molar-refractivity contribution in [1.82, 2.24) is 9.55 Å². The summed E-state index contributed by atoms with van der Waals surface area (Å²) in [4.78, 5) is 5.73. The van der Waals surface area contributed by atoms with E-state index in [1.807, 2.05) is 29.6 Å². The van der Waals surface area contributed by atoms with Gasteiger partial charge in [-0.15, -0.1) is 11.3 Å². The Bertz CT molecular complexity index is 729. The SMILES string of the molecule is CCCn1c(-c2sccc2N)nc2cc(Cl)ccc21. The number of halogens is 1. The molecule has 0 unspecified atom stereocenters. The van der Waals surface area contributed by atoms with E-state index in [1.54, 1.807) is 11.3 Å². The molecule has 98 valence electrons. The van der Waals surface area contributed by atoms with Crippen LogP contribution in [0.15, 0.2) is 29.6 Å². The number of nitrogen functional groups attached to an aromatic ring is 1. The van der Waals surface area contributed by atoms with Crippen molar-refractivity contribution in [2.45, 2.75) is 19.9 Å². The van der Waals surface area contributed by atoms with Gasteiger partial charge in [0.05, 0.1) is 21.6 Å². The first-order chi connectivity index (χ1) is 9.20. The molecule has 0 bridgehead atoms. The summed E-state index contributed by atoms with van der Waals surface area (Å²) < 4.78 is 2.22. The van der Waals surface area contributed by atoms with Crippen molar-refractivity contribution in [2.75, 3.05) is 5.73 Å². The molecule has 5 heteroatoms. The first kappa shape index (κ1) is 12.5. The molecule has 0 amide bonds. The summed E-state index contributed by atoms with van der Waals surface area (Å²) in [5.41, 5.74) is 8.83. The zero-order valence-electron chi connectivity index (χ0n) is 10.6. The molecule has 0 saturated heterocycles. The average molecular weight is 292 g/mol. The minimum atomic E-state index is 0.708. The van der Waals surface area contributed by atoms with E-state index < -0.39 is 0 Å². The normalized spacial score (nSPS) is 11.3. The summed E-state index contributed by atoms with van der Waals surface area (Å²) in [6.07, 6.45) is 1.05. The second-order valence-corrected chi connectivity index (χ2v) is 5.78. The first-order valence-electron chi connectivity index (χ1n) is 6.20. The Morgan fingerprint density at radius 2 is 2.21 bits per heavy atom. The lowest BCUT2D eigenvalue weighted by molar-refractivity contribution is 0.705. The maximum Gasteiger partial charge on any atom is 0.153 e. The van der Waals surface area contributed by atoms with E-state index in [9.17, 15) is 0 Å². The van der Waals surface area contributed by atoms with Crippen molar-refractivity contribution in [3.63, 3.8) is 0 Å². The number of anilines is 1. The Kier molecular flexibility index (Phi) is 3.21. The van der Waals surface area contributed by atoms with Gasteiger partial charge in [0.25, 0.3) is 0 Å². The first-order valence-corrected chi connectivity index (χ1v) is 7.45. The lowest BCUT2D eigenvalue weighted by Crippen LogP contribution is -1.99. The number of benzene rings is 1. The fourth-order valence-corrected chi connectivity index (χ4v) is 3.21. The molecule has 2 N–H and O–H groups in total. The molecule has 0 atom stereocenters. The Morgan fingerprint density at radius 3 is 2.89 bits per heavy atom. The molecule has 3 aromatic rings.